The number of epoxide rings is 1. The van der Waals surface area contributed by atoms with E-state index in [1.807, 2.05) is 0 Å². The predicted octanol–water partition coefficient (Wildman–Crippen LogP) is 4.47. The van der Waals surface area contributed by atoms with Crippen LogP contribution in [0.1, 0.15) is 66.2 Å². The summed E-state index contributed by atoms with van der Waals surface area (Å²) in [7, 11) is 0. The quantitative estimate of drug-likeness (QED) is 0.614. The molecule has 1 spiro atoms. The van der Waals surface area contributed by atoms with Gasteiger partial charge in [0.25, 0.3) is 0 Å². The van der Waals surface area contributed by atoms with Gasteiger partial charge in [0, 0.05) is 16.7 Å². The normalized spacial score (nSPS) is 69.1. The van der Waals surface area contributed by atoms with Gasteiger partial charge in [-0.05, 0) is 74.0 Å². The lowest BCUT2D eigenvalue weighted by Crippen LogP contribution is -2.61. The summed E-state index contributed by atoms with van der Waals surface area (Å²) < 4.78 is 6.62. The van der Waals surface area contributed by atoms with Crippen molar-refractivity contribution in [1.82, 2.24) is 0 Å². The fraction of sp³-hybridized carbons (Fsp3) is 0.955. The van der Waals surface area contributed by atoms with E-state index in [0.29, 0.717) is 35.1 Å². The Hall–Kier alpha value is -0.370. The molecular formula is C22H32O2. The Morgan fingerprint density at radius 1 is 1.12 bits per heavy atom. The first-order valence-corrected chi connectivity index (χ1v) is 10.6. The van der Waals surface area contributed by atoms with Crippen molar-refractivity contribution < 1.29 is 9.53 Å². The minimum absolute atomic E-state index is 0.0101. The summed E-state index contributed by atoms with van der Waals surface area (Å²) in [6.07, 6.45) is 8.14. The molecule has 11 unspecified atom stereocenters. The van der Waals surface area contributed by atoms with Gasteiger partial charge in [0.2, 0.25) is 0 Å². The fourth-order valence-electron chi connectivity index (χ4n) is 8.97. The number of ether oxygens (including phenoxy) is 1. The van der Waals surface area contributed by atoms with Crippen molar-refractivity contribution in [2.45, 2.75) is 77.9 Å². The first-order chi connectivity index (χ1) is 11.3. The Morgan fingerprint density at radius 2 is 1.92 bits per heavy atom. The monoisotopic (exact) mass is 328 g/mol. The molecule has 0 aromatic carbocycles. The second kappa shape index (κ2) is 3.97. The Morgan fingerprint density at radius 3 is 2.71 bits per heavy atom. The molecule has 5 saturated carbocycles. The number of fused-ring (bicyclic) bond motifs is 6. The molecule has 0 aromatic rings. The molecule has 0 aromatic heterocycles. The molecule has 1 saturated heterocycles. The SMILES string of the molecule is CC1CCC2(C)C3CCC4(C)C(=O)C5CC5C4C3C(C)C3OC32C1. The van der Waals surface area contributed by atoms with E-state index < -0.39 is 0 Å². The topological polar surface area (TPSA) is 29.6 Å². The first-order valence-electron chi connectivity index (χ1n) is 10.6. The third kappa shape index (κ3) is 1.35. The van der Waals surface area contributed by atoms with Gasteiger partial charge in [0.05, 0.1) is 6.10 Å². The highest BCUT2D eigenvalue weighted by atomic mass is 16.6. The van der Waals surface area contributed by atoms with E-state index in [1.165, 1.54) is 32.1 Å². The molecule has 11 atom stereocenters. The lowest BCUT2D eigenvalue weighted by atomic mass is 9.42. The molecule has 6 aliphatic rings. The van der Waals surface area contributed by atoms with Gasteiger partial charge in [-0.15, -0.1) is 0 Å². The summed E-state index contributed by atoms with van der Waals surface area (Å²) in [5.41, 5.74) is 0.583. The van der Waals surface area contributed by atoms with E-state index in [9.17, 15) is 4.79 Å². The second-order valence-electron chi connectivity index (χ2n) is 11.1. The summed E-state index contributed by atoms with van der Waals surface area (Å²) in [6, 6.07) is 0. The van der Waals surface area contributed by atoms with Gasteiger partial charge in [0.15, 0.2) is 0 Å². The van der Waals surface area contributed by atoms with Crippen molar-refractivity contribution >= 4 is 5.78 Å². The maximum absolute atomic E-state index is 12.9. The number of Topliss-reactive ketones (excluding diaryl/α,β-unsaturated/α-hetero) is 1. The standard InChI is InChI=1S/C22H32O2/c1-11-5-8-21(4)15-6-7-20(3)17(13-9-14(13)18(20)23)16(15)12(2)19-22(21,10-11)24-19/h11-17,19H,5-10H2,1-4H3. The Bertz CT molecular complexity index is 642. The van der Waals surface area contributed by atoms with Gasteiger partial charge >= 0.3 is 0 Å². The molecule has 1 aliphatic heterocycles. The van der Waals surface area contributed by atoms with Crippen LogP contribution in [0.4, 0.5) is 0 Å². The number of carbonyl (C=O) groups is 1. The van der Waals surface area contributed by atoms with E-state index >= 15 is 0 Å². The van der Waals surface area contributed by atoms with E-state index in [0.717, 1.165) is 30.1 Å². The van der Waals surface area contributed by atoms with E-state index in [4.69, 9.17) is 4.74 Å². The average Bonchev–Trinajstić information content (AvgIpc) is 3.43. The van der Waals surface area contributed by atoms with Crippen LogP contribution in [0.2, 0.25) is 0 Å². The fourth-order valence-corrected chi connectivity index (χ4v) is 8.97. The highest BCUT2D eigenvalue weighted by molar-refractivity contribution is 5.92. The van der Waals surface area contributed by atoms with Gasteiger partial charge in [-0.2, -0.15) is 0 Å². The molecule has 6 rings (SSSR count). The molecule has 5 aliphatic carbocycles. The summed E-state index contributed by atoms with van der Waals surface area (Å²) in [4.78, 5) is 12.9. The smallest absolute Gasteiger partial charge is 0.142 e. The second-order valence-corrected chi connectivity index (χ2v) is 11.1. The van der Waals surface area contributed by atoms with E-state index in [1.54, 1.807) is 0 Å². The van der Waals surface area contributed by atoms with Gasteiger partial charge < -0.3 is 4.74 Å². The lowest BCUT2D eigenvalue weighted by molar-refractivity contribution is -0.145. The lowest BCUT2D eigenvalue weighted by Gasteiger charge is -2.60. The molecule has 0 N–H and O–H groups in total. The molecule has 2 heteroatoms. The van der Waals surface area contributed by atoms with Gasteiger partial charge in [-0.3, -0.25) is 4.79 Å². The molecule has 0 radical (unpaired) electrons. The predicted molar refractivity (Wildman–Crippen MR) is 92.3 cm³/mol. The van der Waals surface area contributed by atoms with Gasteiger partial charge in [-0.25, -0.2) is 0 Å². The van der Waals surface area contributed by atoms with Crippen molar-refractivity contribution in [3.8, 4) is 0 Å². The van der Waals surface area contributed by atoms with Crippen LogP contribution in [0.3, 0.4) is 0 Å². The van der Waals surface area contributed by atoms with Crippen molar-refractivity contribution in [2.24, 2.45) is 52.3 Å². The number of hydrogen-bond donors (Lipinski definition) is 0. The van der Waals surface area contributed by atoms with Crippen LogP contribution in [-0.2, 0) is 9.53 Å². The van der Waals surface area contributed by atoms with Crippen LogP contribution >= 0.6 is 0 Å². The largest absolute Gasteiger partial charge is 0.365 e. The van der Waals surface area contributed by atoms with Crippen LogP contribution < -0.4 is 0 Å². The molecule has 0 amide bonds. The van der Waals surface area contributed by atoms with Gasteiger partial charge in [-0.1, -0.05) is 27.7 Å². The van der Waals surface area contributed by atoms with Gasteiger partial charge in [0.1, 0.15) is 11.4 Å². The molecule has 132 valence electrons. The number of hydrogen-bond acceptors (Lipinski definition) is 2. The van der Waals surface area contributed by atoms with Crippen LogP contribution in [0, 0.1) is 52.3 Å². The molecule has 1 heterocycles. The molecular weight excluding hydrogens is 296 g/mol. The maximum Gasteiger partial charge on any atom is 0.142 e. The number of ketones is 1. The van der Waals surface area contributed by atoms with Crippen molar-refractivity contribution in [2.75, 3.05) is 0 Å². The van der Waals surface area contributed by atoms with Crippen molar-refractivity contribution in [3.05, 3.63) is 0 Å². The Balaban J connectivity index is 1.45. The van der Waals surface area contributed by atoms with E-state index in [2.05, 4.69) is 27.7 Å². The highest BCUT2D eigenvalue weighted by Crippen LogP contribution is 2.78. The zero-order valence-corrected chi connectivity index (χ0v) is 15.7. The zero-order valence-electron chi connectivity index (χ0n) is 15.7. The molecule has 0 bridgehead atoms. The number of rotatable bonds is 0. The van der Waals surface area contributed by atoms with Crippen LogP contribution in [0.5, 0.6) is 0 Å². The van der Waals surface area contributed by atoms with Crippen LogP contribution in [-0.4, -0.2) is 17.5 Å². The molecule has 6 fully saturated rings. The first kappa shape index (κ1) is 14.8. The highest BCUT2D eigenvalue weighted by Gasteiger charge is 2.80. The zero-order chi connectivity index (χ0) is 16.6. The third-order valence-electron chi connectivity index (χ3n) is 10.2. The van der Waals surface area contributed by atoms with Crippen LogP contribution in [0.25, 0.3) is 0 Å². The molecule has 2 nitrogen and oxygen atoms in total. The number of carbonyl (C=O) groups excluding carboxylic acids is 1. The van der Waals surface area contributed by atoms with Crippen LogP contribution in [0.15, 0.2) is 0 Å². The van der Waals surface area contributed by atoms with E-state index in [-0.39, 0.29) is 11.0 Å². The minimum Gasteiger partial charge on any atom is -0.365 e. The average molecular weight is 328 g/mol. The molecule has 24 heavy (non-hydrogen) atoms. The summed E-state index contributed by atoms with van der Waals surface area (Å²) >= 11 is 0. The van der Waals surface area contributed by atoms with Crippen molar-refractivity contribution in [1.29, 1.82) is 0 Å². The summed E-state index contributed by atoms with van der Waals surface area (Å²) in [5, 5.41) is 0. The summed E-state index contributed by atoms with van der Waals surface area (Å²) in [6.45, 7) is 9.80. The Labute approximate surface area is 146 Å². The maximum atomic E-state index is 12.9. The third-order valence-corrected chi connectivity index (χ3v) is 10.2. The summed E-state index contributed by atoms with van der Waals surface area (Å²) in [5.74, 6) is 5.49. The van der Waals surface area contributed by atoms with Crippen molar-refractivity contribution in [3.63, 3.8) is 0 Å². The minimum atomic E-state index is 0.0101. The Kier molecular flexibility index (Phi) is 2.44.